The van der Waals surface area contributed by atoms with Crippen molar-refractivity contribution in [2.45, 2.75) is 54.1 Å². The molecule has 33 heteroatoms. The molecule has 12 rings (SSSR count). The minimum atomic E-state index is -0.455. The Bertz CT molecular complexity index is 4220. The molecule has 8 heterocycles. The molecule has 0 amide bonds. The number of tetrazole rings is 4. The molecule has 88 heavy (non-hydrogen) atoms. The summed E-state index contributed by atoms with van der Waals surface area (Å²) in [6, 6.07) is 23.6. The van der Waals surface area contributed by atoms with Gasteiger partial charge in [0.05, 0.1) is 17.9 Å². The normalized spacial score (nSPS) is 11.3. The van der Waals surface area contributed by atoms with Gasteiger partial charge in [0.2, 0.25) is 5.82 Å². The van der Waals surface area contributed by atoms with Gasteiger partial charge in [-0.05, 0) is 122 Å². The lowest BCUT2D eigenvalue weighted by atomic mass is 10.2. The second-order valence-electron chi connectivity index (χ2n) is 18.4. The van der Waals surface area contributed by atoms with Crippen molar-refractivity contribution in [2.75, 3.05) is 0 Å². The number of nitrogens with zero attached hydrogens (tertiary/aromatic N) is 25. The van der Waals surface area contributed by atoms with Gasteiger partial charge in [0.25, 0.3) is 0 Å². The van der Waals surface area contributed by atoms with E-state index in [9.17, 15) is 19.2 Å². The standard InChI is InChI=1S/3C14H14N6O2.C13H13N7O2/c1-10-5-3-4-6-13(10)22-8-11-12(7-15-9-16-11)20-14(21)19(2)17-18-20;1-10-5-3-4-6-13(10)22-9-11-12(7-8-15-16-11)20-14(21)19(2)17-18-20;1-10-5-3-4-6-12(10)22-9-11-13(16-8-7-15-11)20-14(21)19(2)17-18-20;1-9-5-3-4-6-11(9)22-7-10-12(16-15-8-14-10)20-13(21)19(2)17-18-20/h3-7,9H,8H2,1-2H3;2*3-8H,9H2,1-2H3;3-6,8H,7H2,1-2H3/i4*3T. The van der Waals surface area contributed by atoms with Crippen LogP contribution in [0.25, 0.3) is 23.0 Å². The Labute approximate surface area is 503 Å². The number of para-hydroxylation sites is 4. The molecular formula is C55H55N25O8. The van der Waals surface area contributed by atoms with Crippen LogP contribution in [0.2, 0.25) is 0 Å². The summed E-state index contributed by atoms with van der Waals surface area (Å²) in [6.07, 6.45) is 8.60. The maximum Gasteiger partial charge on any atom is 0.369 e. The Morgan fingerprint density at radius 1 is 0.386 bits per heavy atom. The molecular weight excluding hydrogens is 1140 g/mol. The van der Waals surface area contributed by atoms with Crippen LogP contribution in [0.5, 0.6) is 23.0 Å². The van der Waals surface area contributed by atoms with E-state index in [0.29, 0.717) is 81.3 Å². The Balaban J connectivity index is 0.000000145. The zero-order chi connectivity index (χ0) is 65.6. The lowest BCUT2D eigenvalue weighted by Gasteiger charge is -2.10. The minimum Gasteiger partial charge on any atom is -0.487 e. The summed E-state index contributed by atoms with van der Waals surface area (Å²) < 4.78 is 62.0. The van der Waals surface area contributed by atoms with Crippen LogP contribution in [-0.2, 0) is 54.6 Å². The molecule has 0 saturated carbocycles. The fraction of sp³-hybridized carbons (Fsp3) is 0.218. The third-order valence-corrected chi connectivity index (χ3v) is 12.3. The first-order chi connectivity index (χ1) is 44.2. The van der Waals surface area contributed by atoms with Crippen molar-refractivity contribution in [3.63, 3.8) is 0 Å². The predicted octanol–water partition coefficient (Wildman–Crippen LogP) is 1.97. The first-order valence-corrected chi connectivity index (χ1v) is 26.1. The van der Waals surface area contributed by atoms with Crippen LogP contribution in [-0.4, -0.2) is 124 Å². The van der Waals surface area contributed by atoms with Crippen LogP contribution in [0, 0.1) is 27.7 Å². The van der Waals surface area contributed by atoms with Crippen molar-refractivity contribution < 1.29 is 24.4 Å². The number of rotatable bonds is 16. The number of aryl methyl sites for hydroxylation is 8. The van der Waals surface area contributed by atoms with E-state index in [1.54, 1.807) is 78.9 Å². The third kappa shape index (κ3) is 14.6. The van der Waals surface area contributed by atoms with E-state index in [1.807, 2.05) is 27.7 Å². The van der Waals surface area contributed by atoms with Gasteiger partial charge in [0, 0.05) is 40.6 Å². The second-order valence-corrected chi connectivity index (χ2v) is 18.4. The Morgan fingerprint density at radius 3 is 1.24 bits per heavy atom. The molecule has 0 saturated heterocycles. The molecule has 0 radical (unpaired) electrons. The summed E-state index contributed by atoms with van der Waals surface area (Å²) >= 11 is 0. The molecule has 4 aromatic carbocycles. The van der Waals surface area contributed by atoms with Crippen molar-refractivity contribution in [1.29, 1.82) is 0 Å². The van der Waals surface area contributed by atoms with Crippen molar-refractivity contribution in [3.8, 4) is 46.0 Å². The van der Waals surface area contributed by atoms with E-state index < -0.39 is 17.1 Å². The van der Waals surface area contributed by atoms with Gasteiger partial charge in [0.15, 0.2) is 5.82 Å². The van der Waals surface area contributed by atoms with Crippen molar-refractivity contribution in [3.05, 3.63) is 227 Å². The molecule has 8 aromatic heterocycles. The fourth-order valence-electron chi connectivity index (χ4n) is 7.53. The monoisotopic (exact) mass is 1200 g/mol. The first kappa shape index (κ1) is 55.0. The summed E-state index contributed by atoms with van der Waals surface area (Å²) in [6.45, 7) is 7.87. The number of aromatic nitrogens is 25. The van der Waals surface area contributed by atoms with Gasteiger partial charge < -0.3 is 18.9 Å². The van der Waals surface area contributed by atoms with E-state index in [1.165, 1.54) is 65.6 Å². The quantitative estimate of drug-likeness (QED) is 0.133. The maximum absolute atomic E-state index is 12.0. The maximum atomic E-state index is 12.0. The minimum absolute atomic E-state index is 0.0755. The second kappa shape index (κ2) is 28.4. The molecule has 0 N–H and O–H groups in total. The van der Waals surface area contributed by atoms with E-state index in [2.05, 4.69) is 87.0 Å². The molecule has 0 aliphatic rings. The lowest BCUT2D eigenvalue weighted by molar-refractivity contribution is 0.297. The smallest absolute Gasteiger partial charge is 0.369 e. The molecule has 0 unspecified atom stereocenters. The van der Waals surface area contributed by atoms with Gasteiger partial charge in [-0.2, -0.15) is 33.2 Å². The fourth-order valence-corrected chi connectivity index (χ4v) is 7.53. The first-order valence-electron chi connectivity index (χ1n) is 28.1. The molecule has 0 bridgehead atoms. The zero-order valence-corrected chi connectivity index (χ0v) is 48.2. The van der Waals surface area contributed by atoms with Crippen LogP contribution in [0.4, 0.5) is 0 Å². The van der Waals surface area contributed by atoms with E-state index >= 15 is 0 Å². The molecule has 0 atom stereocenters. The van der Waals surface area contributed by atoms with Gasteiger partial charge in [-0.1, -0.05) is 72.7 Å². The van der Waals surface area contributed by atoms with Crippen LogP contribution in [0.15, 0.2) is 160 Å². The summed E-state index contributed by atoms with van der Waals surface area (Å²) in [5.74, 6) is 3.00. The van der Waals surface area contributed by atoms with Crippen LogP contribution in [0.3, 0.4) is 0 Å². The van der Waals surface area contributed by atoms with Gasteiger partial charge in [-0.15, -0.1) is 24.7 Å². The largest absolute Gasteiger partial charge is 0.487 e. The number of ether oxygens (including phenoxy) is 4. The Hall–Kier alpha value is -12.2. The third-order valence-electron chi connectivity index (χ3n) is 12.3. The van der Waals surface area contributed by atoms with Gasteiger partial charge in [0.1, 0.15) is 96.2 Å². The van der Waals surface area contributed by atoms with E-state index in [4.69, 9.17) is 24.4 Å². The van der Waals surface area contributed by atoms with Crippen LogP contribution < -0.4 is 41.7 Å². The van der Waals surface area contributed by atoms with Crippen molar-refractivity contribution >= 4 is 0 Å². The highest BCUT2D eigenvalue weighted by atomic mass is 16.5. The highest BCUT2D eigenvalue weighted by molar-refractivity contribution is 5.38. The average molecular weight is 1200 g/mol. The lowest BCUT2D eigenvalue weighted by Crippen LogP contribution is -2.24. The number of hydrogen-bond acceptors (Lipinski definition) is 25. The average Bonchev–Trinajstić information content (AvgIpc) is 1.73. The predicted molar refractivity (Wildman–Crippen MR) is 309 cm³/mol. The van der Waals surface area contributed by atoms with E-state index in [0.717, 1.165) is 59.7 Å². The molecule has 0 aliphatic heterocycles. The van der Waals surface area contributed by atoms with Gasteiger partial charge in [-0.25, -0.2) is 39.1 Å². The molecule has 33 nitrogen and oxygen atoms in total. The Morgan fingerprint density at radius 2 is 0.784 bits per heavy atom. The van der Waals surface area contributed by atoms with Gasteiger partial charge >= 0.3 is 22.8 Å². The summed E-state index contributed by atoms with van der Waals surface area (Å²) in [7, 11) is 6.02. The molecule has 0 spiro atoms. The molecule has 0 fully saturated rings. The number of benzene rings is 4. The highest BCUT2D eigenvalue weighted by Gasteiger charge is 2.18. The highest BCUT2D eigenvalue weighted by Crippen LogP contribution is 2.22. The van der Waals surface area contributed by atoms with Crippen LogP contribution in [0.1, 0.15) is 50.5 Å². The topological polar surface area (TPSA) is 364 Å². The summed E-state index contributed by atoms with van der Waals surface area (Å²) in [5.41, 5.74) is 4.45. The Kier molecular flexibility index (Phi) is 17.8. The van der Waals surface area contributed by atoms with Gasteiger partial charge in [-0.3, -0.25) is 4.98 Å². The van der Waals surface area contributed by atoms with Crippen LogP contribution >= 0.6 is 0 Å². The van der Waals surface area contributed by atoms with Crippen molar-refractivity contribution in [2.24, 2.45) is 28.2 Å². The van der Waals surface area contributed by atoms with Crippen molar-refractivity contribution in [1.82, 2.24) is 124 Å². The SMILES string of the molecule is [3H]c1ccc(OCc2nccnc2-n2nnn(C)c2=O)c(C)c1.[3H]c1ccc(OCc2ncncc2-n2nnn(C)c2=O)c(C)c1.[3H]c1ccc(OCc2ncnnc2-n2nnn(C)c2=O)c(C)c1.[3H]c1ccc(OCc2nnccc2-n2nnn(C)c2=O)c(C)c1. The number of hydrogen-bond donors (Lipinski definition) is 0. The molecule has 12 aromatic rings. The zero-order valence-electron chi connectivity index (χ0n) is 52.2. The molecule has 448 valence electrons. The van der Waals surface area contributed by atoms with E-state index in [-0.39, 0.29) is 43.8 Å². The summed E-state index contributed by atoms with van der Waals surface area (Å²) in [4.78, 5) is 68.4. The summed E-state index contributed by atoms with van der Waals surface area (Å²) in [5, 5.41) is 45.2. The molecule has 0 aliphatic carbocycles.